The minimum absolute atomic E-state index is 0.00244. The van der Waals surface area contributed by atoms with Crippen molar-refractivity contribution >= 4 is 34.5 Å². The van der Waals surface area contributed by atoms with Gasteiger partial charge in [0, 0.05) is 41.6 Å². The SMILES string of the molecule is CC(CCc1nc2cc(C(=O)N3CCCC(c4ccccc4)C3)ccc2nc1-c1ccc(Cl)cc1)CC(=O)O. The Balaban J connectivity index is 1.44. The molecule has 1 fully saturated rings. The number of aryl methyl sites for hydroxylation is 1. The van der Waals surface area contributed by atoms with E-state index in [1.807, 2.05) is 60.4 Å². The first kappa shape index (κ1) is 26.8. The lowest BCUT2D eigenvalue weighted by Crippen LogP contribution is -2.39. The van der Waals surface area contributed by atoms with Gasteiger partial charge in [0.25, 0.3) is 5.91 Å². The summed E-state index contributed by atoms with van der Waals surface area (Å²) in [5.74, 6) is -0.453. The molecular weight excluding hydrogens is 510 g/mol. The van der Waals surface area contributed by atoms with E-state index in [4.69, 9.17) is 21.6 Å². The average molecular weight is 542 g/mol. The number of halogens is 1. The number of hydrogen-bond donors (Lipinski definition) is 1. The lowest BCUT2D eigenvalue weighted by atomic mass is 9.90. The van der Waals surface area contributed by atoms with Gasteiger partial charge in [-0.25, -0.2) is 9.97 Å². The Labute approximate surface area is 233 Å². The molecule has 0 radical (unpaired) electrons. The van der Waals surface area contributed by atoms with Gasteiger partial charge in [-0.05, 0) is 67.5 Å². The van der Waals surface area contributed by atoms with Crippen LogP contribution in [-0.2, 0) is 11.2 Å². The fourth-order valence-corrected chi connectivity index (χ4v) is 5.49. The normalized spacial score (nSPS) is 16.3. The number of benzene rings is 3. The maximum atomic E-state index is 13.6. The summed E-state index contributed by atoms with van der Waals surface area (Å²) in [6.45, 7) is 3.38. The number of aromatic nitrogens is 2. The predicted molar refractivity (Wildman–Crippen MR) is 154 cm³/mol. The zero-order chi connectivity index (χ0) is 27.4. The van der Waals surface area contributed by atoms with Crippen LogP contribution in [0.2, 0.25) is 5.02 Å². The van der Waals surface area contributed by atoms with Crippen molar-refractivity contribution in [1.82, 2.24) is 14.9 Å². The standard InChI is InChI=1S/C32H32ClN3O3/c1-21(18-30(37)38)9-15-28-31(23-10-13-26(33)14-11-23)35-27-16-12-24(19-29(27)34-28)32(39)36-17-5-8-25(20-36)22-6-3-2-4-7-22/h2-4,6-7,10-14,16,19,21,25H,5,8-9,15,17-18,20H2,1H3,(H,37,38). The third-order valence-corrected chi connectivity index (χ3v) is 7.73. The molecular formula is C32H32ClN3O3. The van der Waals surface area contributed by atoms with Crippen molar-refractivity contribution in [2.75, 3.05) is 13.1 Å². The highest BCUT2D eigenvalue weighted by Crippen LogP contribution is 2.30. The predicted octanol–water partition coefficient (Wildman–Crippen LogP) is 7.01. The molecule has 0 bridgehead atoms. The van der Waals surface area contributed by atoms with E-state index in [9.17, 15) is 14.7 Å². The molecule has 1 aliphatic rings. The Hall–Kier alpha value is -3.77. The molecule has 39 heavy (non-hydrogen) atoms. The Kier molecular flexibility index (Phi) is 8.22. The summed E-state index contributed by atoms with van der Waals surface area (Å²) >= 11 is 6.11. The number of aliphatic carboxylic acids is 1. The number of piperidine rings is 1. The van der Waals surface area contributed by atoms with Crippen molar-refractivity contribution in [3.63, 3.8) is 0 Å². The number of rotatable bonds is 8. The van der Waals surface area contributed by atoms with Crippen molar-refractivity contribution in [3.8, 4) is 11.3 Å². The van der Waals surface area contributed by atoms with Crippen LogP contribution in [0.5, 0.6) is 0 Å². The smallest absolute Gasteiger partial charge is 0.303 e. The number of nitrogens with zero attached hydrogens (tertiary/aromatic N) is 3. The van der Waals surface area contributed by atoms with Crippen LogP contribution in [0.1, 0.15) is 60.1 Å². The van der Waals surface area contributed by atoms with Gasteiger partial charge in [0.1, 0.15) is 0 Å². The monoisotopic (exact) mass is 541 g/mol. The molecule has 0 saturated carbocycles. The highest BCUT2D eigenvalue weighted by molar-refractivity contribution is 6.30. The van der Waals surface area contributed by atoms with E-state index in [1.54, 1.807) is 0 Å². The summed E-state index contributed by atoms with van der Waals surface area (Å²) in [5, 5.41) is 9.81. The number of carboxylic acid groups (broad SMARTS) is 1. The van der Waals surface area contributed by atoms with Gasteiger partial charge in [-0.3, -0.25) is 9.59 Å². The van der Waals surface area contributed by atoms with Crippen molar-refractivity contribution in [1.29, 1.82) is 0 Å². The fourth-order valence-electron chi connectivity index (χ4n) is 5.36. The van der Waals surface area contributed by atoms with Crippen LogP contribution < -0.4 is 0 Å². The van der Waals surface area contributed by atoms with Gasteiger partial charge in [-0.1, -0.05) is 61.0 Å². The number of amides is 1. The number of carbonyl (C=O) groups is 2. The minimum atomic E-state index is -0.805. The summed E-state index contributed by atoms with van der Waals surface area (Å²) in [4.78, 5) is 36.6. The van der Waals surface area contributed by atoms with E-state index in [1.165, 1.54) is 5.56 Å². The molecule has 2 atom stereocenters. The second-order valence-corrected chi connectivity index (χ2v) is 10.9. The average Bonchev–Trinajstić information content (AvgIpc) is 2.95. The molecule has 0 spiro atoms. The van der Waals surface area contributed by atoms with Crippen molar-refractivity contribution < 1.29 is 14.7 Å². The molecule has 2 unspecified atom stereocenters. The third kappa shape index (κ3) is 6.45. The molecule has 1 amide bonds. The summed E-state index contributed by atoms with van der Waals surface area (Å²) in [6, 6.07) is 23.4. The van der Waals surface area contributed by atoms with Crippen LogP contribution in [0.4, 0.5) is 0 Å². The second kappa shape index (κ2) is 12.0. The molecule has 4 aromatic rings. The lowest BCUT2D eigenvalue weighted by molar-refractivity contribution is -0.138. The van der Waals surface area contributed by atoms with Crippen molar-refractivity contribution in [3.05, 3.63) is 94.6 Å². The molecule has 1 saturated heterocycles. The van der Waals surface area contributed by atoms with Crippen LogP contribution in [0.15, 0.2) is 72.8 Å². The van der Waals surface area contributed by atoms with Crippen LogP contribution in [0.3, 0.4) is 0 Å². The van der Waals surface area contributed by atoms with Gasteiger partial charge in [0.05, 0.1) is 22.4 Å². The maximum Gasteiger partial charge on any atom is 0.303 e. The first-order valence-electron chi connectivity index (χ1n) is 13.5. The van der Waals surface area contributed by atoms with Gasteiger partial charge < -0.3 is 10.0 Å². The van der Waals surface area contributed by atoms with E-state index >= 15 is 0 Å². The van der Waals surface area contributed by atoms with Gasteiger partial charge in [0.15, 0.2) is 0 Å². The number of carboxylic acids is 1. The Morgan fingerprint density at radius 2 is 1.79 bits per heavy atom. The first-order valence-corrected chi connectivity index (χ1v) is 13.9. The molecule has 1 aliphatic heterocycles. The third-order valence-electron chi connectivity index (χ3n) is 7.48. The van der Waals surface area contributed by atoms with E-state index in [-0.39, 0.29) is 18.2 Å². The lowest BCUT2D eigenvalue weighted by Gasteiger charge is -2.33. The van der Waals surface area contributed by atoms with Gasteiger partial charge in [-0.2, -0.15) is 0 Å². The summed E-state index contributed by atoms with van der Waals surface area (Å²) in [5.41, 5.74) is 5.69. The van der Waals surface area contributed by atoms with Gasteiger partial charge >= 0.3 is 5.97 Å². The van der Waals surface area contributed by atoms with Crippen LogP contribution in [-0.4, -0.2) is 44.9 Å². The number of likely N-dealkylation sites (tertiary alicyclic amines) is 1. The topological polar surface area (TPSA) is 83.4 Å². The molecule has 6 nitrogen and oxygen atoms in total. The quantitative estimate of drug-likeness (QED) is 0.259. The second-order valence-electron chi connectivity index (χ2n) is 10.5. The molecule has 7 heteroatoms. The van der Waals surface area contributed by atoms with Gasteiger partial charge in [-0.15, -0.1) is 0 Å². The van der Waals surface area contributed by atoms with Crippen LogP contribution in [0, 0.1) is 5.92 Å². The molecule has 3 aromatic carbocycles. The van der Waals surface area contributed by atoms with Crippen LogP contribution in [0.25, 0.3) is 22.3 Å². The van der Waals surface area contributed by atoms with Crippen molar-refractivity contribution in [2.24, 2.45) is 5.92 Å². The zero-order valence-corrected chi connectivity index (χ0v) is 22.8. The molecule has 0 aliphatic carbocycles. The van der Waals surface area contributed by atoms with Crippen molar-refractivity contribution in [2.45, 2.75) is 44.9 Å². The highest BCUT2D eigenvalue weighted by atomic mass is 35.5. The number of hydrogen-bond acceptors (Lipinski definition) is 4. The zero-order valence-electron chi connectivity index (χ0n) is 22.0. The van der Waals surface area contributed by atoms with E-state index in [0.29, 0.717) is 46.9 Å². The van der Waals surface area contributed by atoms with E-state index < -0.39 is 5.97 Å². The molecule has 5 rings (SSSR count). The summed E-state index contributed by atoms with van der Waals surface area (Å²) in [7, 11) is 0. The van der Waals surface area contributed by atoms with Gasteiger partial charge in [0.2, 0.25) is 0 Å². The summed E-state index contributed by atoms with van der Waals surface area (Å²) < 4.78 is 0. The summed E-state index contributed by atoms with van der Waals surface area (Å²) in [6.07, 6.45) is 3.41. The minimum Gasteiger partial charge on any atom is -0.481 e. The van der Waals surface area contributed by atoms with E-state index in [0.717, 1.165) is 36.3 Å². The molecule has 200 valence electrons. The highest BCUT2D eigenvalue weighted by Gasteiger charge is 2.26. The first-order chi connectivity index (χ1) is 18.9. The molecule has 2 heterocycles. The maximum absolute atomic E-state index is 13.6. The van der Waals surface area contributed by atoms with Crippen LogP contribution >= 0.6 is 11.6 Å². The Morgan fingerprint density at radius 1 is 1.03 bits per heavy atom. The number of fused-ring (bicyclic) bond motifs is 1. The molecule has 1 aromatic heterocycles. The number of carbonyl (C=O) groups excluding carboxylic acids is 1. The Morgan fingerprint density at radius 3 is 2.54 bits per heavy atom. The Bertz CT molecular complexity index is 1470. The van der Waals surface area contributed by atoms with E-state index in [2.05, 4.69) is 24.3 Å². The largest absolute Gasteiger partial charge is 0.481 e. The fraction of sp³-hybridized carbons (Fsp3) is 0.312. The molecule has 1 N–H and O–H groups in total.